The number of hydrogen-bond donors (Lipinski definition) is 0. The highest BCUT2D eigenvalue weighted by molar-refractivity contribution is 5.84. The number of carbonyl (C=O) groups is 1. The van der Waals surface area contributed by atoms with Gasteiger partial charge in [0, 0.05) is 24.3 Å². The Labute approximate surface area is 229 Å². The van der Waals surface area contributed by atoms with Crippen molar-refractivity contribution < 1.29 is 31.8 Å². The summed E-state index contributed by atoms with van der Waals surface area (Å²) in [4.78, 5) is 21.8. The number of halogens is 4. The number of methoxy groups -OCH3 is 1. The molecular formula is C31H30F4N2O3. The third kappa shape index (κ3) is 5.66. The molecule has 2 aliphatic rings. The lowest BCUT2D eigenvalue weighted by Crippen LogP contribution is -2.29. The van der Waals surface area contributed by atoms with Crippen LogP contribution in [0.1, 0.15) is 36.0 Å². The van der Waals surface area contributed by atoms with Crippen molar-refractivity contribution in [2.24, 2.45) is 11.3 Å². The SMILES string of the molecule is C=C(/C=C(\OC)C1(C(F)(F)F)CC1)CC(=O)Cc1ccc(-c2cnc3cc(CC4COC4)c(C)cc3n2)cc1F. The molecule has 1 aliphatic carbocycles. The molecule has 0 amide bonds. The molecule has 1 saturated heterocycles. The number of aryl methyl sites for hydroxylation is 1. The molecule has 0 bridgehead atoms. The van der Waals surface area contributed by atoms with Gasteiger partial charge in [-0.25, -0.2) is 9.37 Å². The molecule has 1 aliphatic heterocycles. The molecular weight excluding hydrogens is 524 g/mol. The van der Waals surface area contributed by atoms with E-state index >= 15 is 0 Å². The van der Waals surface area contributed by atoms with Crippen molar-refractivity contribution in [3.8, 4) is 11.3 Å². The lowest BCUT2D eigenvalue weighted by Gasteiger charge is -2.26. The molecule has 3 aromatic rings. The van der Waals surface area contributed by atoms with Crippen LogP contribution >= 0.6 is 0 Å². The van der Waals surface area contributed by atoms with Crippen LogP contribution in [0.2, 0.25) is 0 Å². The third-order valence-corrected chi connectivity index (χ3v) is 7.70. The number of benzene rings is 2. The van der Waals surface area contributed by atoms with Crippen LogP contribution in [0.4, 0.5) is 17.6 Å². The van der Waals surface area contributed by atoms with Gasteiger partial charge >= 0.3 is 6.18 Å². The molecule has 0 unspecified atom stereocenters. The number of carbonyl (C=O) groups excluding carboxylic acids is 1. The zero-order chi connectivity index (χ0) is 28.7. The summed E-state index contributed by atoms with van der Waals surface area (Å²) in [5.41, 5.74) is 3.19. The second kappa shape index (κ2) is 10.8. The molecule has 2 heterocycles. The first kappa shape index (κ1) is 28.0. The number of allylic oxidation sites excluding steroid dienone is 3. The maximum atomic E-state index is 15.0. The van der Waals surface area contributed by atoms with Gasteiger partial charge in [-0.3, -0.25) is 9.78 Å². The number of ether oxygens (including phenoxy) is 2. The van der Waals surface area contributed by atoms with E-state index in [0.717, 1.165) is 30.7 Å². The number of aromatic nitrogens is 2. The second-order valence-electron chi connectivity index (χ2n) is 10.8. The van der Waals surface area contributed by atoms with Crippen molar-refractivity contribution in [2.75, 3.05) is 20.3 Å². The number of Topliss-reactive ketones (excluding diaryl/α,β-unsaturated/α-hetero) is 1. The van der Waals surface area contributed by atoms with E-state index < -0.39 is 17.4 Å². The summed E-state index contributed by atoms with van der Waals surface area (Å²) < 4.78 is 65.6. The molecule has 1 aromatic heterocycles. The fraction of sp³-hybridized carbons (Fsp3) is 0.387. The van der Waals surface area contributed by atoms with Crippen molar-refractivity contribution in [3.05, 3.63) is 83.0 Å². The normalized spacial score (nSPS) is 17.0. The number of nitrogens with zero attached hydrogens (tertiary/aromatic N) is 2. The Morgan fingerprint density at radius 3 is 2.52 bits per heavy atom. The number of hydrogen-bond acceptors (Lipinski definition) is 5. The molecule has 210 valence electrons. The summed E-state index contributed by atoms with van der Waals surface area (Å²) in [5.74, 6) is -0.664. The monoisotopic (exact) mass is 554 g/mol. The summed E-state index contributed by atoms with van der Waals surface area (Å²) in [5, 5.41) is 0. The van der Waals surface area contributed by atoms with Crippen LogP contribution in [-0.2, 0) is 27.1 Å². The Balaban J connectivity index is 1.26. The Morgan fingerprint density at radius 2 is 1.93 bits per heavy atom. The van der Waals surface area contributed by atoms with Gasteiger partial charge in [-0.1, -0.05) is 18.7 Å². The topological polar surface area (TPSA) is 61.3 Å². The van der Waals surface area contributed by atoms with Crippen LogP contribution in [0.15, 0.2) is 60.5 Å². The van der Waals surface area contributed by atoms with Crippen LogP contribution in [0.3, 0.4) is 0 Å². The highest BCUT2D eigenvalue weighted by atomic mass is 19.4. The van der Waals surface area contributed by atoms with E-state index in [0.29, 0.717) is 22.7 Å². The Kier molecular flexibility index (Phi) is 7.52. The highest BCUT2D eigenvalue weighted by Gasteiger charge is 2.66. The molecule has 5 nitrogen and oxygen atoms in total. The predicted molar refractivity (Wildman–Crippen MR) is 143 cm³/mol. The molecule has 0 spiro atoms. The van der Waals surface area contributed by atoms with Gasteiger partial charge in [-0.2, -0.15) is 13.2 Å². The van der Waals surface area contributed by atoms with Crippen LogP contribution in [-0.4, -0.2) is 42.3 Å². The third-order valence-electron chi connectivity index (χ3n) is 7.70. The minimum absolute atomic E-state index is 0.0621. The molecule has 0 atom stereocenters. The fourth-order valence-electron chi connectivity index (χ4n) is 5.08. The van der Waals surface area contributed by atoms with Gasteiger partial charge in [0.2, 0.25) is 0 Å². The molecule has 2 fully saturated rings. The van der Waals surface area contributed by atoms with Crippen molar-refractivity contribution in [1.82, 2.24) is 9.97 Å². The molecule has 40 heavy (non-hydrogen) atoms. The van der Waals surface area contributed by atoms with E-state index in [1.165, 1.54) is 30.9 Å². The molecule has 0 N–H and O–H groups in total. The average Bonchev–Trinajstić information content (AvgIpc) is 3.68. The van der Waals surface area contributed by atoms with E-state index in [2.05, 4.69) is 16.5 Å². The fourth-order valence-corrected chi connectivity index (χ4v) is 5.08. The lowest BCUT2D eigenvalue weighted by atomic mass is 9.94. The molecule has 1 saturated carbocycles. The zero-order valence-corrected chi connectivity index (χ0v) is 22.4. The number of fused-ring (bicyclic) bond motifs is 1. The van der Waals surface area contributed by atoms with Crippen molar-refractivity contribution in [1.29, 1.82) is 0 Å². The summed E-state index contributed by atoms with van der Waals surface area (Å²) in [6.45, 7) is 7.31. The zero-order valence-electron chi connectivity index (χ0n) is 22.4. The smallest absolute Gasteiger partial charge is 0.401 e. The Hall–Kier alpha value is -3.59. The quantitative estimate of drug-likeness (QED) is 0.156. The van der Waals surface area contributed by atoms with Gasteiger partial charge < -0.3 is 9.47 Å². The van der Waals surface area contributed by atoms with Gasteiger partial charge in [0.05, 0.1) is 43.2 Å². The van der Waals surface area contributed by atoms with Gasteiger partial charge in [-0.05, 0) is 72.7 Å². The molecule has 0 radical (unpaired) electrons. The molecule has 5 rings (SSSR count). The predicted octanol–water partition coefficient (Wildman–Crippen LogP) is 6.86. The number of alkyl halides is 3. The van der Waals surface area contributed by atoms with Crippen molar-refractivity contribution >= 4 is 16.8 Å². The van der Waals surface area contributed by atoms with E-state index in [1.807, 2.05) is 19.1 Å². The maximum absolute atomic E-state index is 15.0. The average molecular weight is 555 g/mol. The second-order valence-corrected chi connectivity index (χ2v) is 10.8. The maximum Gasteiger partial charge on any atom is 0.401 e. The Bertz CT molecular complexity index is 1500. The molecule has 9 heteroatoms. The van der Waals surface area contributed by atoms with E-state index in [9.17, 15) is 22.4 Å². The highest BCUT2D eigenvalue weighted by Crippen LogP contribution is 2.62. The van der Waals surface area contributed by atoms with Gasteiger partial charge in [0.25, 0.3) is 0 Å². The first-order valence-electron chi connectivity index (χ1n) is 13.1. The molecule has 2 aromatic carbocycles. The summed E-state index contributed by atoms with van der Waals surface area (Å²) >= 11 is 0. The first-order chi connectivity index (χ1) is 19.0. The first-order valence-corrected chi connectivity index (χ1v) is 13.1. The largest absolute Gasteiger partial charge is 0.500 e. The van der Waals surface area contributed by atoms with Crippen LogP contribution < -0.4 is 0 Å². The number of ketones is 1. The number of rotatable bonds is 10. The van der Waals surface area contributed by atoms with Crippen LogP contribution in [0.5, 0.6) is 0 Å². The van der Waals surface area contributed by atoms with Gasteiger partial charge in [0.15, 0.2) is 0 Å². The van der Waals surface area contributed by atoms with Crippen LogP contribution in [0.25, 0.3) is 22.3 Å². The minimum Gasteiger partial charge on any atom is -0.500 e. The van der Waals surface area contributed by atoms with Crippen molar-refractivity contribution in [3.63, 3.8) is 0 Å². The summed E-state index contributed by atoms with van der Waals surface area (Å²) in [7, 11) is 1.17. The lowest BCUT2D eigenvalue weighted by molar-refractivity contribution is -0.184. The Morgan fingerprint density at radius 1 is 1.18 bits per heavy atom. The van der Waals surface area contributed by atoms with E-state index in [4.69, 9.17) is 9.47 Å². The minimum atomic E-state index is -4.44. The van der Waals surface area contributed by atoms with Crippen LogP contribution in [0, 0.1) is 24.1 Å². The van der Waals surface area contributed by atoms with E-state index in [1.54, 1.807) is 12.3 Å². The summed E-state index contributed by atoms with van der Waals surface area (Å²) in [6, 6.07) is 8.54. The summed E-state index contributed by atoms with van der Waals surface area (Å²) in [6.07, 6.45) is -1.28. The van der Waals surface area contributed by atoms with E-state index in [-0.39, 0.29) is 48.4 Å². The van der Waals surface area contributed by atoms with Crippen molar-refractivity contribution in [2.45, 2.75) is 45.2 Å². The standard InChI is InChI=1S/C31H30F4N2O3/c1-18(9-29(39-3)30(6-7-30)31(33,34)35)8-24(38)12-21-4-5-22(13-25(21)32)28-15-36-26-14-23(11-20-16-40-17-20)19(2)10-27(26)37-28/h4-5,9-10,13-15,20H,1,6-8,11-12,16-17H2,2-3H3/b29-9-. The van der Waals surface area contributed by atoms with Gasteiger partial charge in [0.1, 0.15) is 22.8 Å². The van der Waals surface area contributed by atoms with Gasteiger partial charge in [-0.15, -0.1) is 0 Å².